The van der Waals surface area contributed by atoms with Crippen molar-refractivity contribution in [2.75, 3.05) is 5.73 Å². The summed E-state index contributed by atoms with van der Waals surface area (Å²) < 4.78 is 16.8. The van der Waals surface area contributed by atoms with E-state index in [-0.39, 0.29) is 5.82 Å². The third-order valence-corrected chi connectivity index (χ3v) is 7.26. The molecular formula is C30H25FN8. The molecule has 0 unspecified atom stereocenters. The summed E-state index contributed by atoms with van der Waals surface area (Å²) in [5.41, 5.74) is 13.5. The van der Waals surface area contributed by atoms with Gasteiger partial charge in [-0.15, -0.1) is 0 Å². The van der Waals surface area contributed by atoms with Crippen molar-refractivity contribution in [1.29, 1.82) is 0 Å². The number of fused-ring (bicyclic) bond motifs is 3. The summed E-state index contributed by atoms with van der Waals surface area (Å²) in [6, 6.07) is 16.6. The zero-order valence-electron chi connectivity index (χ0n) is 21.3. The van der Waals surface area contributed by atoms with Crippen LogP contribution in [0.3, 0.4) is 0 Å². The largest absolute Gasteiger partial charge is 0.383 e. The van der Waals surface area contributed by atoms with Gasteiger partial charge in [-0.05, 0) is 48.8 Å². The van der Waals surface area contributed by atoms with Crippen molar-refractivity contribution < 1.29 is 4.39 Å². The molecule has 2 aromatic carbocycles. The number of nitrogen functional groups attached to an aromatic ring is 1. The third kappa shape index (κ3) is 3.94. The van der Waals surface area contributed by atoms with Gasteiger partial charge in [-0.1, -0.05) is 37.3 Å². The van der Waals surface area contributed by atoms with E-state index in [0.717, 1.165) is 64.2 Å². The van der Waals surface area contributed by atoms with Gasteiger partial charge in [0.25, 0.3) is 0 Å². The van der Waals surface area contributed by atoms with E-state index in [1.165, 1.54) is 12.4 Å². The number of aromatic nitrogens is 7. The fraction of sp³-hybridized carbons (Fsp3) is 0.167. The van der Waals surface area contributed by atoms with Crippen LogP contribution in [0.25, 0.3) is 44.8 Å². The SMILES string of the molecule is CCc1nc2c([nH]1)CCC(c1nn(Cc3cc4ccccc4nc3-c3ccccc3F)c3ncnc(N)c13)=C2. The Bertz CT molecular complexity index is 1920. The Morgan fingerprint density at radius 3 is 2.72 bits per heavy atom. The quantitative estimate of drug-likeness (QED) is 0.309. The highest BCUT2D eigenvalue weighted by molar-refractivity contribution is 5.99. The Kier molecular flexibility index (Phi) is 5.43. The number of anilines is 1. The Balaban J connectivity index is 1.40. The maximum Gasteiger partial charge on any atom is 0.164 e. The van der Waals surface area contributed by atoms with Gasteiger partial charge in [0.05, 0.1) is 28.8 Å². The van der Waals surface area contributed by atoms with Crippen molar-refractivity contribution in [3.8, 4) is 11.3 Å². The molecular weight excluding hydrogens is 491 g/mol. The molecule has 0 amide bonds. The summed E-state index contributed by atoms with van der Waals surface area (Å²) in [5, 5.41) is 6.68. The van der Waals surface area contributed by atoms with Crippen molar-refractivity contribution in [3.63, 3.8) is 0 Å². The zero-order chi connectivity index (χ0) is 26.5. The lowest BCUT2D eigenvalue weighted by Crippen LogP contribution is -2.07. The molecule has 39 heavy (non-hydrogen) atoms. The van der Waals surface area contributed by atoms with Gasteiger partial charge in [0, 0.05) is 28.6 Å². The number of para-hydroxylation sites is 1. The first kappa shape index (κ1) is 23.2. The number of rotatable bonds is 5. The average molecular weight is 517 g/mol. The summed E-state index contributed by atoms with van der Waals surface area (Å²) >= 11 is 0. The molecule has 4 aromatic heterocycles. The number of aryl methyl sites for hydroxylation is 2. The molecule has 192 valence electrons. The van der Waals surface area contributed by atoms with Crippen LogP contribution in [-0.4, -0.2) is 34.7 Å². The molecule has 0 saturated carbocycles. The number of pyridine rings is 1. The first-order valence-electron chi connectivity index (χ1n) is 13.0. The number of nitrogens with two attached hydrogens (primary N) is 1. The van der Waals surface area contributed by atoms with Crippen molar-refractivity contribution in [1.82, 2.24) is 34.7 Å². The van der Waals surface area contributed by atoms with Gasteiger partial charge < -0.3 is 10.7 Å². The fourth-order valence-corrected chi connectivity index (χ4v) is 5.33. The van der Waals surface area contributed by atoms with Crippen molar-refractivity contribution in [3.05, 3.63) is 95.2 Å². The number of imidazole rings is 1. The molecule has 0 spiro atoms. The number of aromatic amines is 1. The van der Waals surface area contributed by atoms with Gasteiger partial charge in [0.1, 0.15) is 29.5 Å². The monoisotopic (exact) mass is 516 g/mol. The van der Waals surface area contributed by atoms with Crippen LogP contribution in [-0.2, 0) is 19.4 Å². The van der Waals surface area contributed by atoms with E-state index in [0.29, 0.717) is 34.7 Å². The number of H-pyrrole nitrogens is 1. The number of halogens is 1. The van der Waals surface area contributed by atoms with Crippen LogP contribution in [0.1, 0.15) is 41.8 Å². The number of nitrogens with one attached hydrogen (secondary N) is 1. The fourth-order valence-electron chi connectivity index (χ4n) is 5.33. The van der Waals surface area contributed by atoms with Crippen LogP contribution in [0.5, 0.6) is 0 Å². The van der Waals surface area contributed by atoms with Crippen molar-refractivity contribution in [2.24, 2.45) is 0 Å². The standard InChI is InChI=1S/C30H25FN8/c1-2-25-35-23-12-11-18(14-24(23)36-25)28-26-29(32)33-16-34-30(26)39(38-28)15-19-13-17-7-3-6-10-22(17)37-27(19)20-8-4-5-9-21(20)31/h3-10,13-14,16H,2,11-12,15H2,1H3,(H,35,36)(H2,32,33,34). The number of hydrogen-bond acceptors (Lipinski definition) is 6. The van der Waals surface area contributed by atoms with Crippen molar-refractivity contribution >= 4 is 39.4 Å². The molecule has 0 atom stereocenters. The van der Waals surface area contributed by atoms with Crippen LogP contribution in [0, 0.1) is 5.82 Å². The normalized spacial score (nSPS) is 13.1. The summed E-state index contributed by atoms with van der Waals surface area (Å²) in [5.74, 6) is 1.02. The maximum absolute atomic E-state index is 15.0. The van der Waals surface area contributed by atoms with Crippen LogP contribution in [0.4, 0.5) is 10.2 Å². The highest BCUT2D eigenvalue weighted by Gasteiger charge is 2.24. The summed E-state index contributed by atoms with van der Waals surface area (Å²) in [4.78, 5) is 21.8. The smallest absolute Gasteiger partial charge is 0.164 e. The van der Waals surface area contributed by atoms with Gasteiger partial charge in [0.15, 0.2) is 5.65 Å². The molecule has 1 aliphatic rings. The number of hydrogen-bond donors (Lipinski definition) is 2. The summed E-state index contributed by atoms with van der Waals surface area (Å²) in [6.45, 7) is 2.41. The first-order chi connectivity index (χ1) is 19.1. The number of nitrogens with zero attached hydrogens (tertiary/aromatic N) is 6. The van der Waals surface area contributed by atoms with E-state index in [9.17, 15) is 4.39 Å². The van der Waals surface area contributed by atoms with Crippen LogP contribution in [0.15, 0.2) is 60.9 Å². The molecule has 0 aliphatic heterocycles. The lowest BCUT2D eigenvalue weighted by atomic mass is 9.96. The minimum Gasteiger partial charge on any atom is -0.383 e. The predicted octanol–water partition coefficient (Wildman–Crippen LogP) is 5.58. The second-order valence-electron chi connectivity index (χ2n) is 9.70. The van der Waals surface area contributed by atoms with Crippen LogP contribution >= 0.6 is 0 Å². The van der Waals surface area contributed by atoms with E-state index in [2.05, 4.69) is 28.0 Å². The maximum atomic E-state index is 15.0. The Morgan fingerprint density at radius 2 is 1.85 bits per heavy atom. The average Bonchev–Trinajstić information content (AvgIpc) is 3.55. The van der Waals surface area contributed by atoms with Gasteiger partial charge in [-0.25, -0.2) is 29.0 Å². The number of benzene rings is 2. The molecule has 3 N–H and O–H groups in total. The van der Waals surface area contributed by atoms with Crippen LogP contribution < -0.4 is 5.73 Å². The lowest BCUT2D eigenvalue weighted by molar-refractivity contribution is 0.630. The lowest BCUT2D eigenvalue weighted by Gasteiger charge is -2.13. The topological polar surface area (TPSA) is 111 Å². The zero-order valence-corrected chi connectivity index (χ0v) is 21.3. The van der Waals surface area contributed by atoms with E-state index in [1.54, 1.807) is 12.1 Å². The van der Waals surface area contributed by atoms with Gasteiger partial charge in [-0.2, -0.15) is 5.10 Å². The Morgan fingerprint density at radius 1 is 1.00 bits per heavy atom. The van der Waals surface area contributed by atoms with E-state index < -0.39 is 0 Å². The Hall–Kier alpha value is -4.92. The number of allylic oxidation sites excluding steroid dienone is 1. The first-order valence-corrected chi connectivity index (χ1v) is 13.0. The molecule has 0 fully saturated rings. The van der Waals surface area contributed by atoms with E-state index >= 15 is 0 Å². The molecule has 6 aromatic rings. The third-order valence-electron chi connectivity index (χ3n) is 7.26. The van der Waals surface area contributed by atoms with E-state index in [1.807, 2.05) is 41.1 Å². The summed E-state index contributed by atoms with van der Waals surface area (Å²) in [7, 11) is 0. The second-order valence-corrected chi connectivity index (χ2v) is 9.70. The highest BCUT2D eigenvalue weighted by Crippen LogP contribution is 2.35. The molecule has 4 heterocycles. The highest BCUT2D eigenvalue weighted by atomic mass is 19.1. The minimum absolute atomic E-state index is 0.326. The second kappa shape index (κ2) is 9.13. The van der Waals surface area contributed by atoms with Gasteiger partial charge in [0.2, 0.25) is 0 Å². The Labute approximate surface area is 223 Å². The molecule has 0 saturated heterocycles. The molecule has 0 radical (unpaired) electrons. The molecule has 8 nitrogen and oxygen atoms in total. The molecule has 1 aliphatic carbocycles. The predicted molar refractivity (Wildman–Crippen MR) is 150 cm³/mol. The molecule has 0 bridgehead atoms. The van der Waals surface area contributed by atoms with Crippen molar-refractivity contribution in [2.45, 2.75) is 32.7 Å². The van der Waals surface area contributed by atoms with Gasteiger partial charge >= 0.3 is 0 Å². The van der Waals surface area contributed by atoms with Crippen LogP contribution in [0.2, 0.25) is 0 Å². The summed E-state index contributed by atoms with van der Waals surface area (Å²) in [6.07, 6.45) is 6.00. The molecule has 9 heteroatoms. The minimum atomic E-state index is -0.326. The van der Waals surface area contributed by atoms with E-state index in [4.69, 9.17) is 20.8 Å². The molecule has 7 rings (SSSR count). The van der Waals surface area contributed by atoms with Gasteiger partial charge in [-0.3, -0.25) is 0 Å².